The van der Waals surface area contributed by atoms with Gasteiger partial charge in [0.05, 0.1) is 12.7 Å². The molecule has 0 aromatic carbocycles. The highest BCUT2D eigenvalue weighted by Gasteiger charge is 2.08. The zero-order valence-corrected chi connectivity index (χ0v) is 9.00. The summed E-state index contributed by atoms with van der Waals surface area (Å²) < 4.78 is 5.36. The number of nitrogens with zero attached hydrogens (tertiary/aromatic N) is 1. The molecule has 3 nitrogen and oxygen atoms in total. The summed E-state index contributed by atoms with van der Waals surface area (Å²) in [4.78, 5) is 0. The number of hydrogen-bond donors (Lipinski definition) is 1. The molecule has 76 valence electrons. The van der Waals surface area contributed by atoms with Crippen molar-refractivity contribution in [3.8, 4) is 6.07 Å². The lowest BCUT2D eigenvalue weighted by Gasteiger charge is -2.15. The van der Waals surface area contributed by atoms with Gasteiger partial charge in [0, 0.05) is 12.6 Å². The number of ether oxygens (including phenoxy) is 1. The summed E-state index contributed by atoms with van der Waals surface area (Å²) in [6, 6.07) is 2.32. The van der Waals surface area contributed by atoms with Crippen LogP contribution in [0.5, 0.6) is 0 Å². The molecule has 0 saturated heterocycles. The quantitative estimate of drug-likeness (QED) is 0.681. The molecule has 0 heterocycles. The van der Waals surface area contributed by atoms with E-state index in [0.29, 0.717) is 18.6 Å². The van der Waals surface area contributed by atoms with Gasteiger partial charge in [0.1, 0.15) is 6.04 Å². The van der Waals surface area contributed by atoms with Crippen LogP contribution in [0.15, 0.2) is 0 Å². The van der Waals surface area contributed by atoms with Crippen molar-refractivity contribution in [2.45, 2.75) is 39.8 Å². The lowest BCUT2D eigenvalue weighted by Crippen LogP contribution is -2.37. The molecule has 0 rings (SSSR count). The summed E-state index contributed by atoms with van der Waals surface area (Å²) in [5.74, 6) is 0.526. The van der Waals surface area contributed by atoms with Crippen LogP contribution in [-0.2, 0) is 4.74 Å². The Morgan fingerprint density at radius 2 is 1.85 bits per heavy atom. The number of hydrogen-bond acceptors (Lipinski definition) is 3. The fourth-order valence-electron chi connectivity index (χ4n) is 0.947. The third-order valence-corrected chi connectivity index (χ3v) is 1.43. The molecule has 0 amide bonds. The van der Waals surface area contributed by atoms with Crippen LogP contribution in [0, 0.1) is 17.2 Å². The van der Waals surface area contributed by atoms with E-state index in [0.717, 1.165) is 6.61 Å². The Morgan fingerprint density at radius 1 is 1.23 bits per heavy atom. The van der Waals surface area contributed by atoms with Crippen LogP contribution in [0.2, 0.25) is 0 Å². The molecule has 1 N–H and O–H groups in total. The fraction of sp³-hybridized carbons (Fsp3) is 0.900. The first kappa shape index (κ1) is 12.4. The first-order valence-corrected chi connectivity index (χ1v) is 4.79. The Morgan fingerprint density at radius 3 is 2.23 bits per heavy atom. The minimum atomic E-state index is -0.182. The molecule has 0 saturated carbocycles. The average Bonchev–Trinajstić information content (AvgIpc) is 2.01. The molecule has 3 heteroatoms. The van der Waals surface area contributed by atoms with Crippen molar-refractivity contribution in [3.63, 3.8) is 0 Å². The molecule has 0 radical (unpaired) electrons. The zero-order chi connectivity index (χ0) is 10.3. The minimum absolute atomic E-state index is 0.182. The predicted octanol–water partition coefficient (Wildman–Crippen LogP) is 1.55. The van der Waals surface area contributed by atoms with Crippen LogP contribution in [0.4, 0.5) is 0 Å². The van der Waals surface area contributed by atoms with Crippen molar-refractivity contribution < 1.29 is 4.74 Å². The van der Waals surface area contributed by atoms with Crippen LogP contribution in [-0.4, -0.2) is 25.3 Å². The second-order valence-corrected chi connectivity index (χ2v) is 3.93. The second-order valence-electron chi connectivity index (χ2n) is 3.93. The molecule has 0 aromatic rings. The molecular weight excluding hydrogens is 164 g/mol. The third-order valence-electron chi connectivity index (χ3n) is 1.43. The van der Waals surface area contributed by atoms with Crippen molar-refractivity contribution in [1.82, 2.24) is 5.32 Å². The van der Waals surface area contributed by atoms with Gasteiger partial charge >= 0.3 is 0 Å². The molecule has 1 atom stereocenters. The summed E-state index contributed by atoms with van der Waals surface area (Å²) in [6.45, 7) is 9.43. The van der Waals surface area contributed by atoms with E-state index in [-0.39, 0.29) is 6.04 Å². The largest absolute Gasteiger partial charge is 0.378 e. The van der Waals surface area contributed by atoms with Crippen molar-refractivity contribution in [1.29, 1.82) is 5.26 Å². The standard InChI is InChI=1S/C10H20N2O/c1-8(2)6-13-7-10(5-11)12-9(3)4/h8-10,12H,6-7H2,1-4H3. The fourth-order valence-corrected chi connectivity index (χ4v) is 0.947. The van der Waals surface area contributed by atoms with Gasteiger partial charge < -0.3 is 4.74 Å². The molecule has 0 aliphatic rings. The van der Waals surface area contributed by atoms with Gasteiger partial charge in [-0.2, -0.15) is 5.26 Å². The normalized spacial score (nSPS) is 13.3. The molecule has 1 unspecified atom stereocenters. The van der Waals surface area contributed by atoms with E-state index in [4.69, 9.17) is 10.00 Å². The maximum atomic E-state index is 8.75. The van der Waals surface area contributed by atoms with Crippen molar-refractivity contribution in [2.75, 3.05) is 13.2 Å². The highest BCUT2D eigenvalue weighted by atomic mass is 16.5. The monoisotopic (exact) mass is 184 g/mol. The third kappa shape index (κ3) is 7.76. The maximum absolute atomic E-state index is 8.75. The number of nitrogens with one attached hydrogen (secondary N) is 1. The summed E-state index contributed by atoms with van der Waals surface area (Å²) in [5.41, 5.74) is 0. The van der Waals surface area contributed by atoms with E-state index in [9.17, 15) is 0 Å². The molecule has 0 aliphatic carbocycles. The highest BCUT2D eigenvalue weighted by molar-refractivity contribution is 4.90. The molecular formula is C10H20N2O. The number of rotatable bonds is 6. The molecule has 0 fully saturated rings. The van der Waals surface area contributed by atoms with E-state index in [1.807, 2.05) is 13.8 Å². The SMILES string of the molecule is CC(C)COCC(C#N)NC(C)C. The van der Waals surface area contributed by atoms with Gasteiger partial charge in [0.25, 0.3) is 0 Å². The zero-order valence-electron chi connectivity index (χ0n) is 9.00. The van der Waals surface area contributed by atoms with Crippen LogP contribution >= 0.6 is 0 Å². The van der Waals surface area contributed by atoms with Crippen molar-refractivity contribution in [2.24, 2.45) is 5.92 Å². The Kier molecular flexibility index (Phi) is 6.56. The maximum Gasteiger partial charge on any atom is 0.119 e. The van der Waals surface area contributed by atoms with Gasteiger partial charge in [0.15, 0.2) is 0 Å². The Hall–Kier alpha value is -0.590. The van der Waals surface area contributed by atoms with Gasteiger partial charge in [0.2, 0.25) is 0 Å². The van der Waals surface area contributed by atoms with Crippen LogP contribution in [0.25, 0.3) is 0 Å². The molecule has 13 heavy (non-hydrogen) atoms. The van der Waals surface area contributed by atoms with Crippen molar-refractivity contribution >= 4 is 0 Å². The van der Waals surface area contributed by atoms with Crippen molar-refractivity contribution in [3.05, 3.63) is 0 Å². The smallest absolute Gasteiger partial charge is 0.119 e. The Labute approximate surface area is 81.1 Å². The lowest BCUT2D eigenvalue weighted by molar-refractivity contribution is 0.0989. The predicted molar refractivity (Wildman–Crippen MR) is 53.3 cm³/mol. The van der Waals surface area contributed by atoms with Crippen LogP contribution < -0.4 is 5.32 Å². The van der Waals surface area contributed by atoms with Gasteiger partial charge in [-0.25, -0.2) is 0 Å². The van der Waals surface area contributed by atoms with E-state index >= 15 is 0 Å². The van der Waals surface area contributed by atoms with Crippen LogP contribution in [0.1, 0.15) is 27.7 Å². The van der Waals surface area contributed by atoms with Gasteiger partial charge in [-0.05, 0) is 19.8 Å². The second kappa shape index (κ2) is 6.88. The Bertz CT molecular complexity index is 161. The average molecular weight is 184 g/mol. The molecule has 0 bridgehead atoms. The number of nitriles is 1. The molecule has 0 aromatic heterocycles. The van der Waals surface area contributed by atoms with E-state index in [1.165, 1.54) is 0 Å². The summed E-state index contributed by atoms with van der Waals surface area (Å²) in [7, 11) is 0. The summed E-state index contributed by atoms with van der Waals surface area (Å²) >= 11 is 0. The molecule has 0 spiro atoms. The highest BCUT2D eigenvalue weighted by Crippen LogP contribution is 1.94. The summed E-state index contributed by atoms with van der Waals surface area (Å²) in [6.07, 6.45) is 0. The topological polar surface area (TPSA) is 45.0 Å². The van der Waals surface area contributed by atoms with Crippen LogP contribution in [0.3, 0.4) is 0 Å². The van der Waals surface area contributed by atoms with E-state index in [2.05, 4.69) is 25.2 Å². The van der Waals surface area contributed by atoms with Gasteiger partial charge in [-0.1, -0.05) is 13.8 Å². The first-order valence-electron chi connectivity index (χ1n) is 4.79. The summed E-state index contributed by atoms with van der Waals surface area (Å²) in [5, 5.41) is 11.9. The minimum Gasteiger partial charge on any atom is -0.378 e. The van der Waals surface area contributed by atoms with Gasteiger partial charge in [-0.3, -0.25) is 5.32 Å². The van der Waals surface area contributed by atoms with E-state index < -0.39 is 0 Å². The lowest BCUT2D eigenvalue weighted by atomic mass is 10.2. The van der Waals surface area contributed by atoms with Gasteiger partial charge in [-0.15, -0.1) is 0 Å². The Balaban J connectivity index is 3.56. The molecule has 0 aliphatic heterocycles. The van der Waals surface area contributed by atoms with E-state index in [1.54, 1.807) is 0 Å². The first-order chi connectivity index (χ1) is 6.06.